The fourth-order valence-electron chi connectivity index (χ4n) is 8.91. The Balaban J connectivity index is 1.81. The van der Waals surface area contributed by atoms with Crippen molar-refractivity contribution < 1.29 is 8.85 Å². The van der Waals surface area contributed by atoms with Gasteiger partial charge in [-0.1, -0.05) is 38.5 Å². The molecule has 2 N–H and O–H groups in total. The van der Waals surface area contributed by atoms with E-state index in [4.69, 9.17) is 8.85 Å². The molecule has 2 saturated heterocycles. The third-order valence-electron chi connectivity index (χ3n) is 9.65. The maximum absolute atomic E-state index is 6.76. The first-order chi connectivity index (χ1) is 13.8. The first kappa shape index (κ1) is 22.3. The van der Waals surface area contributed by atoms with E-state index in [0.717, 1.165) is 11.8 Å². The van der Waals surface area contributed by atoms with Crippen LogP contribution in [0.25, 0.3) is 0 Å². The minimum atomic E-state index is -2.71. The van der Waals surface area contributed by atoms with Gasteiger partial charge < -0.3 is 19.5 Å². The van der Waals surface area contributed by atoms with Crippen molar-refractivity contribution in [3.8, 4) is 0 Å². The summed E-state index contributed by atoms with van der Waals surface area (Å²) in [5.74, 6) is 2.96. The summed E-state index contributed by atoms with van der Waals surface area (Å²) in [6.07, 6.45) is 13.5. The molecule has 0 aromatic rings. The van der Waals surface area contributed by atoms with Crippen molar-refractivity contribution in [1.29, 1.82) is 0 Å². The van der Waals surface area contributed by atoms with E-state index in [1.807, 2.05) is 14.2 Å². The van der Waals surface area contributed by atoms with Crippen molar-refractivity contribution in [2.45, 2.75) is 114 Å². The summed E-state index contributed by atoms with van der Waals surface area (Å²) >= 11 is 0. The Morgan fingerprint density at radius 2 is 1.07 bits per heavy atom. The zero-order chi connectivity index (χ0) is 20.9. The minimum absolute atomic E-state index is 0.0694. The number of fused-ring (bicyclic) bond motifs is 2. The van der Waals surface area contributed by atoms with Crippen molar-refractivity contribution in [1.82, 2.24) is 10.6 Å². The Kier molecular flexibility index (Phi) is 6.29. The molecule has 8 atom stereocenters. The van der Waals surface area contributed by atoms with Gasteiger partial charge in [0.25, 0.3) is 0 Å². The molecule has 0 radical (unpaired) electrons. The summed E-state index contributed by atoms with van der Waals surface area (Å²) < 4.78 is 13.5. The standard InChI is InChI=1S/C24H46N2O2Si/c1-17-15-19-11-7-9-13-21(19)23(3,25-17)29(27-5,28-6)24(4)22-14-10-8-12-20(22)16-18(2)26-24/h17-22,25-26H,7-16H2,1-6H3. The second-order valence-electron chi connectivity index (χ2n) is 11.3. The number of nitrogens with one attached hydrogen (secondary N) is 2. The summed E-state index contributed by atoms with van der Waals surface area (Å²) in [4.78, 5) is 0. The predicted molar refractivity (Wildman–Crippen MR) is 122 cm³/mol. The fraction of sp³-hybridized carbons (Fsp3) is 1.00. The van der Waals surface area contributed by atoms with Gasteiger partial charge in [-0.3, -0.25) is 0 Å². The molecule has 4 fully saturated rings. The average molecular weight is 423 g/mol. The lowest BCUT2D eigenvalue weighted by atomic mass is 9.69. The van der Waals surface area contributed by atoms with E-state index in [2.05, 4.69) is 38.3 Å². The highest BCUT2D eigenvalue weighted by Gasteiger charge is 2.72. The molecule has 0 aromatic heterocycles. The molecule has 2 heterocycles. The smallest absolute Gasteiger partial charge is 0.379 e. The normalized spacial score (nSPS) is 48.6. The molecule has 0 spiro atoms. The van der Waals surface area contributed by atoms with Gasteiger partial charge >= 0.3 is 8.56 Å². The molecule has 2 saturated carbocycles. The number of hydrogen-bond acceptors (Lipinski definition) is 4. The molecule has 5 heteroatoms. The molecule has 0 aromatic carbocycles. The molecular weight excluding hydrogens is 376 g/mol. The molecule has 4 nitrogen and oxygen atoms in total. The van der Waals surface area contributed by atoms with Gasteiger partial charge in [0.05, 0.1) is 10.3 Å². The lowest BCUT2D eigenvalue weighted by Gasteiger charge is -2.65. The molecule has 8 unspecified atom stereocenters. The van der Waals surface area contributed by atoms with Crippen LogP contribution in [0.5, 0.6) is 0 Å². The van der Waals surface area contributed by atoms with Crippen molar-refractivity contribution in [3.05, 3.63) is 0 Å². The van der Waals surface area contributed by atoms with Crippen LogP contribution in [-0.4, -0.2) is 45.2 Å². The van der Waals surface area contributed by atoms with Crippen molar-refractivity contribution in [2.24, 2.45) is 23.7 Å². The zero-order valence-electron chi connectivity index (χ0n) is 19.9. The first-order valence-electron chi connectivity index (χ1n) is 12.5. The van der Waals surface area contributed by atoms with E-state index in [-0.39, 0.29) is 10.3 Å². The van der Waals surface area contributed by atoms with Gasteiger partial charge in [-0.2, -0.15) is 0 Å². The third-order valence-corrected chi connectivity index (χ3v) is 14.6. The summed E-state index contributed by atoms with van der Waals surface area (Å²) in [5.41, 5.74) is 0. The topological polar surface area (TPSA) is 42.5 Å². The quantitative estimate of drug-likeness (QED) is 0.645. The Hall–Kier alpha value is 0.0569. The second-order valence-corrected chi connectivity index (χ2v) is 15.4. The maximum atomic E-state index is 6.76. The summed E-state index contributed by atoms with van der Waals surface area (Å²) in [6.45, 7) is 9.76. The molecule has 0 bridgehead atoms. The van der Waals surface area contributed by atoms with Crippen LogP contribution < -0.4 is 10.6 Å². The van der Waals surface area contributed by atoms with Crippen LogP contribution in [0.4, 0.5) is 0 Å². The van der Waals surface area contributed by atoms with Crippen LogP contribution in [0.3, 0.4) is 0 Å². The average Bonchev–Trinajstić information content (AvgIpc) is 2.69. The van der Waals surface area contributed by atoms with Gasteiger partial charge in [0, 0.05) is 26.3 Å². The molecule has 2 aliphatic heterocycles. The molecule has 4 aliphatic rings. The largest absolute Gasteiger partial charge is 0.396 e. The fourth-order valence-corrected chi connectivity index (χ4v) is 14.5. The highest BCUT2D eigenvalue weighted by Crippen LogP contribution is 2.54. The van der Waals surface area contributed by atoms with Crippen LogP contribution in [0.1, 0.15) is 91.9 Å². The monoisotopic (exact) mass is 422 g/mol. The molecular formula is C24H46N2O2Si. The van der Waals surface area contributed by atoms with Gasteiger partial charge in [-0.25, -0.2) is 0 Å². The lowest BCUT2D eigenvalue weighted by Crippen LogP contribution is -2.88. The van der Waals surface area contributed by atoms with Crippen LogP contribution in [0.15, 0.2) is 0 Å². The van der Waals surface area contributed by atoms with Gasteiger partial charge in [0.2, 0.25) is 0 Å². The van der Waals surface area contributed by atoms with E-state index in [1.54, 1.807) is 0 Å². The van der Waals surface area contributed by atoms with Crippen LogP contribution >= 0.6 is 0 Å². The molecule has 4 rings (SSSR count). The summed E-state index contributed by atoms with van der Waals surface area (Å²) in [6, 6.07) is 1.06. The highest BCUT2D eigenvalue weighted by molar-refractivity contribution is 6.74. The minimum Gasteiger partial charge on any atom is -0.396 e. The van der Waals surface area contributed by atoms with Crippen molar-refractivity contribution in [2.75, 3.05) is 14.2 Å². The van der Waals surface area contributed by atoms with Gasteiger partial charge in [-0.15, -0.1) is 0 Å². The van der Waals surface area contributed by atoms with Crippen molar-refractivity contribution in [3.63, 3.8) is 0 Å². The van der Waals surface area contributed by atoms with Gasteiger partial charge in [0.1, 0.15) is 0 Å². The Morgan fingerprint density at radius 3 is 1.45 bits per heavy atom. The third kappa shape index (κ3) is 3.29. The number of piperidine rings is 2. The number of rotatable bonds is 4. The second kappa shape index (κ2) is 8.20. The first-order valence-corrected chi connectivity index (χ1v) is 14.3. The SMILES string of the molecule is CO[Si](OC)(C1(C)NC(C)CC2CCCCC21)C1(C)NC(C)CC2CCCCC21. The van der Waals surface area contributed by atoms with E-state index < -0.39 is 8.56 Å². The Morgan fingerprint density at radius 1 is 0.690 bits per heavy atom. The van der Waals surface area contributed by atoms with E-state index in [1.165, 1.54) is 64.2 Å². The van der Waals surface area contributed by atoms with Crippen LogP contribution in [0, 0.1) is 23.7 Å². The number of hydrogen-bond donors (Lipinski definition) is 2. The zero-order valence-corrected chi connectivity index (χ0v) is 20.9. The van der Waals surface area contributed by atoms with Crippen LogP contribution in [-0.2, 0) is 8.85 Å². The van der Waals surface area contributed by atoms with Crippen LogP contribution in [0.2, 0.25) is 0 Å². The summed E-state index contributed by atoms with van der Waals surface area (Å²) in [7, 11) is 1.21. The molecule has 168 valence electrons. The Labute approximate surface area is 180 Å². The molecule has 29 heavy (non-hydrogen) atoms. The predicted octanol–water partition coefficient (Wildman–Crippen LogP) is 4.69. The Bertz CT molecular complexity index is 539. The molecule has 0 amide bonds. The highest BCUT2D eigenvalue weighted by atomic mass is 28.4. The van der Waals surface area contributed by atoms with E-state index >= 15 is 0 Å². The van der Waals surface area contributed by atoms with Gasteiger partial charge in [-0.05, 0) is 77.0 Å². The lowest BCUT2D eigenvalue weighted by molar-refractivity contribution is 0.00605. The van der Waals surface area contributed by atoms with E-state index in [0.29, 0.717) is 23.9 Å². The van der Waals surface area contributed by atoms with Crippen molar-refractivity contribution >= 4 is 8.56 Å². The van der Waals surface area contributed by atoms with Gasteiger partial charge in [0.15, 0.2) is 0 Å². The van der Waals surface area contributed by atoms with E-state index in [9.17, 15) is 0 Å². The molecule has 2 aliphatic carbocycles. The summed E-state index contributed by atoms with van der Waals surface area (Å²) in [5, 5.41) is 8.14. The maximum Gasteiger partial charge on any atom is 0.379 e.